The maximum atomic E-state index is 11.9. The number of hydrogen-bond donors (Lipinski definition) is 1. The standard InChI is InChI=1S/C24H39NO3/c1-4-7-8-9-10-11-12-13-14-15-16-17-18-19-21-24(20-5-2,23(25)27)28-22(26)6-3/h6-8,10-11,13-14H,3-5,9,12,15-21H2,1-2H3,(H2,25,27)/b8-7-,11-10-,14-13-. The second-order valence-electron chi connectivity index (χ2n) is 6.98. The van der Waals surface area contributed by atoms with E-state index in [1.807, 2.05) is 6.92 Å². The summed E-state index contributed by atoms with van der Waals surface area (Å²) >= 11 is 0. The van der Waals surface area contributed by atoms with Crippen LogP contribution in [0.1, 0.15) is 84.5 Å². The zero-order chi connectivity index (χ0) is 21.1. The SMILES string of the molecule is C=CC(=O)OC(CCC)(CCCCCC/C=C\C/C=C\C/C=C\CC)C(N)=O. The molecule has 0 aliphatic carbocycles. The molecule has 158 valence electrons. The van der Waals surface area contributed by atoms with Crippen LogP contribution in [-0.4, -0.2) is 17.5 Å². The van der Waals surface area contributed by atoms with E-state index in [4.69, 9.17) is 10.5 Å². The van der Waals surface area contributed by atoms with Gasteiger partial charge in [0.25, 0.3) is 5.91 Å². The maximum absolute atomic E-state index is 11.9. The van der Waals surface area contributed by atoms with Crippen molar-refractivity contribution >= 4 is 11.9 Å². The Morgan fingerprint density at radius 3 is 2.07 bits per heavy atom. The lowest BCUT2D eigenvalue weighted by Gasteiger charge is -2.29. The minimum Gasteiger partial charge on any atom is -0.446 e. The van der Waals surface area contributed by atoms with Crippen LogP contribution in [0.4, 0.5) is 0 Å². The van der Waals surface area contributed by atoms with E-state index < -0.39 is 17.5 Å². The average molecular weight is 390 g/mol. The first-order chi connectivity index (χ1) is 13.5. The Morgan fingerprint density at radius 1 is 0.893 bits per heavy atom. The van der Waals surface area contributed by atoms with Gasteiger partial charge in [-0.15, -0.1) is 0 Å². The molecular formula is C24H39NO3. The molecule has 0 radical (unpaired) electrons. The third-order valence-corrected chi connectivity index (χ3v) is 4.55. The van der Waals surface area contributed by atoms with E-state index in [9.17, 15) is 9.59 Å². The second kappa shape index (κ2) is 17.0. The first-order valence-corrected chi connectivity index (χ1v) is 10.6. The molecule has 1 atom stereocenters. The molecule has 0 heterocycles. The van der Waals surface area contributed by atoms with Crippen LogP contribution >= 0.6 is 0 Å². The molecule has 4 heteroatoms. The van der Waals surface area contributed by atoms with Gasteiger partial charge in [0.15, 0.2) is 5.60 Å². The number of ether oxygens (including phenoxy) is 1. The van der Waals surface area contributed by atoms with Gasteiger partial charge in [0.1, 0.15) is 0 Å². The monoisotopic (exact) mass is 389 g/mol. The average Bonchev–Trinajstić information content (AvgIpc) is 2.67. The summed E-state index contributed by atoms with van der Waals surface area (Å²) in [7, 11) is 0. The normalized spacial score (nSPS) is 13.9. The van der Waals surface area contributed by atoms with Crippen molar-refractivity contribution in [2.45, 2.75) is 90.1 Å². The highest BCUT2D eigenvalue weighted by Gasteiger charge is 2.38. The Bertz CT molecular complexity index is 534. The molecule has 0 aliphatic heterocycles. The summed E-state index contributed by atoms with van der Waals surface area (Å²) in [6.07, 6.45) is 24.0. The number of nitrogens with two attached hydrogens (primary N) is 1. The molecule has 0 saturated heterocycles. The van der Waals surface area contributed by atoms with Crippen molar-refractivity contribution < 1.29 is 14.3 Å². The first-order valence-electron chi connectivity index (χ1n) is 10.6. The van der Waals surface area contributed by atoms with Crippen LogP contribution in [-0.2, 0) is 14.3 Å². The van der Waals surface area contributed by atoms with Crippen molar-refractivity contribution in [2.75, 3.05) is 0 Å². The minimum absolute atomic E-state index is 0.451. The zero-order valence-corrected chi connectivity index (χ0v) is 17.8. The van der Waals surface area contributed by atoms with Crippen LogP contribution in [0.2, 0.25) is 0 Å². The van der Waals surface area contributed by atoms with Crippen molar-refractivity contribution in [3.05, 3.63) is 49.1 Å². The maximum Gasteiger partial charge on any atom is 0.331 e. The van der Waals surface area contributed by atoms with Crippen LogP contribution in [0, 0.1) is 0 Å². The fraction of sp³-hybridized carbons (Fsp3) is 0.583. The number of carbonyl (C=O) groups is 2. The predicted molar refractivity (Wildman–Crippen MR) is 118 cm³/mol. The number of esters is 1. The summed E-state index contributed by atoms with van der Waals surface area (Å²) in [5.41, 5.74) is 4.35. The Kier molecular flexibility index (Phi) is 15.8. The van der Waals surface area contributed by atoms with Gasteiger partial charge in [-0.2, -0.15) is 0 Å². The molecule has 0 saturated carbocycles. The highest BCUT2D eigenvalue weighted by atomic mass is 16.6. The van der Waals surface area contributed by atoms with Crippen molar-refractivity contribution in [3.63, 3.8) is 0 Å². The molecule has 0 aliphatic rings. The highest BCUT2D eigenvalue weighted by Crippen LogP contribution is 2.26. The van der Waals surface area contributed by atoms with Gasteiger partial charge in [-0.3, -0.25) is 4.79 Å². The largest absolute Gasteiger partial charge is 0.446 e. The lowest BCUT2D eigenvalue weighted by Crippen LogP contribution is -2.47. The quantitative estimate of drug-likeness (QED) is 0.145. The molecule has 4 nitrogen and oxygen atoms in total. The van der Waals surface area contributed by atoms with Gasteiger partial charge in [-0.25, -0.2) is 4.79 Å². The summed E-state index contributed by atoms with van der Waals surface area (Å²) in [6, 6.07) is 0. The van der Waals surface area contributed by atoms with Crippen LogP contribution in [0.15, 0.2) is 49.1 Å². The van der Waals surface area contributed by atoms with Crippen molar-refractivity contribution in [1.29, 1.82) is 0 Å². The van der Waals surface area contributed by atoms with Crippen molar-refractivity contribution in [1.82, 2.24) is 0 Å². The molecule has 0 spiro atoms. The van der Waals surface area contributed by atoms with E-state index >= 15 is 0 Å². The summed E-state index contributed by atoms with van der Waals surface area (Å²) < 4.78 is 5.35. The summed E-state index contributed by atoms with van der Waals surface area (Å²) in [5.74, 6) is -1.15. The van der Waals surface area contributed by atoms with Gasteiger partial charge in [0.2, 0.25) is 0 Å². The van der Waals surface area contributed by atoms with Gasteiger partial charge < -0.3 is 10.5 Å². The molecule has 0 aromatic rings. The molecule has 1 amide bonds. The Hall–Kier alpha value is -2.10. The van der Waals surface area contributed by atoms with E-state index in [2.05, 4.69) is 50.0 Å². The third kappa shape index (κ3) is 12.3. The molecule has 2 N–H and O–H groups in total. The lowest BCUT2D eigenvalue weighted by molar-refractivity contribution is -0.164. The number of hydrogen-bond acceptors (Lipinski definition) is 3. The summed E-state index contributed by atoms with van der Waals surface area (Å²) in [6.45, 7) is 7.48. The first kappa shape index (κ1) is 25.9. The van der Waals surface area contributed by atoms with Gasteiger partial charge in [-0.05, 0) is 51.4 Å². The second-order valence-corrected chi connectivity index (χ2v) is 6.98. The van der Waals surface area contributed by atoms with Crippen LogP contribution in [0.3, 0.4) is 0 Å². The number of unbranched alkanes of at least 4 members (excludes halogenated alkanes) is 4. The molecule has 0 aromatic heterocycles. The smallest absolute Gasteiger partial charge is 0.331 e. The Morgan fingerprint density at radius 2 is 1.50 bits per heavy atom. The molecule has 0 aromatic carbocycles. The molecule has 1 unspecified atom stereocenters. The molecular weight excluding hydrogens is 350 g/mol. The minimum atomic E-state index is -1.20. The zero-order valence-electron chi connectivity index (χ0n) is 17.8. The van der Waals surface area contributed by atoms with Crippen LogP contribution in [0.25, 0.3) is 0 Å². The molecule has 0 fully saturated rings. The molecule has 0 bridgehead atoms. The molecule has 28 heavy (non-hydrogen) atoms. The number of primary amides is 1. The number of rotatable bonds is 17. The number of allylic oxidation sites excluding steroid dienone is 6. The lowest BCUT2D eigenvalue weighted by atomic mass is 9.90. The number of carbonyl (C=O) groups excluding carboxylic acids is 2. The fourth-order valence-electron chi connectivity index (χ4n) is 3.01. The third-order valence-electron chi connectivity index (χ3n) is 4.55. The van der Waals surface area contributed by atoms with E-state index in [0.29, 0.717) is 12.8 Å². The summed E-state index contributed by atoms with van der Waals surface area (Å²) in [5, 5.41) is 0. The van der Waals surface area contributed by atoms with Crippen molar-refractivity contribution in [2.24, 2.45) is 5.73 Å². The fourth-order valence-corrected chi connectivity index (χ4v) is 3.01. The Balaban J connectivity index is 4.06. The van der Waals surface area contributed by atoms with Crippen LogP contribution < -0.4 is 5.73 Å². The Labute approximate surface area is 171 Å². The van der Waals surface area contributed by atoms with Gasteiger partial charge >= 0.3 is 5.97 Å². The van der Waals surface area contributed by atoms with E-state index in [-0.39, 0.29) is 0 Å². The van der Waals surface area contributed by atoms with E-state index in [0.717, 1.165) is 63.9 Å². The topological polar surface area (TPSA) is 69.4 Å². The predicted octanol–water partition coefficient (Wildman–Crippen LogP) is 5.94. The van der Waals surface area contributed by atoms with Crippen molar-refractivity contribution in [3.8, 4) is 0 Å². The van der Waals surface area contributed by atoms with Crippen LogP contribution in [0.5, 0.6) is 0 Å². The van der Waals surface area contributed by atoms with Gasteiger partial charge in [0.05, 0.1) is 0 Å². The van der Waals surface area contributed by atoms with E-state index in [1.165, 1.54) is 0 Å². The van der Waals surface area contributed by atoms with Gasteiger partial charge in [0, 0.05) is 6.08 Å². The summed E-state index contributed by atoms with van der Waals surface area (Å²) in [4.78, 5) is 23.5. The van der Waals surface area contributed by atoms with E-state index in [1.54, 1.807) is 0 Å². The van der Waals surface area contributed by atoms with Gasteiger partial charge in [-0.1, -0.05) is 76.1 Å². The highest BCUT2D eigenvalue weighted by molar-refractivity contribution is 5.89. The number of amides is 1. The molecule has 0 rings (SSSR count).